The predicted molar refractivity (Wildman–Crippen MR) is 72.3 cm³/mol. The van der Waals surface area contributed by atoms with Crippen LogP contribution in [0, 0.1) is 19.7 Å². The Morgan fingerprint density at radius 1 is 1.05 bits per heavy atom. The Bertz CT molecular complexity index is 615. The van der Waals surface area contributed by atoms with E-state index in [9.17, 15) is 9.18 Å². The Balaban J connectivity index is 2.44. The highest BCUT2D eigenvalue weighted by atomic mass is 19.1. The van der Waals surface area contributed by atoms with E-state index in [-0.39, 0.29) is 11.6 Å². The zero-order valence-corrected chi connectivity index (χ0v) is 11.2. The lowest BCUT2D eigenvalue weighted by Gasteiger charge is -2.10. The summed E-state index contributed by atoms with van der Waals surface area (Å²) in [5.74, 6) is 0.301. The average molecular weight is 258 g/mol. The number of aryl methyl sites for hydroxylation is 2. The van der Waals surface area contributed by atoms with Crippen molar-refractivity contribution < 1.29 is 13.9 Å². The molecule has 0 aromatic heterocycles. The van der Waals surface area contributed by atoms with Crippen molar-refractivity contribution in [3.05, 3.63) is 64.5 Å². The van der Waals surface area contributed by atoms with Crippen LogP contribution in [0.1, 0.15) is 27.0 Å². The molecule has 3 heteroatoms. The molecule has 2 aromatic rings. The first-order chi connectivity index (χ1) is 9.02. The highest BCUT2D eigenvalue weighted by molar-refractivity contribution is 6.10. The van der Waals surface area contributed by atoms with Crippen LogP contribution in [0.5, 0.6) is 5.75 Å². The molecule has 0 aliphatic carbocycles. The first-order valence-corrected chi connectivity index (χ1v) is 5.98. The molecule has 98 valence electrons. The summed E-state index contributed by atoms with van der Waals surface area (Å²) in [4.78, 5) is 12.4. The first-order valence-electron chi connectivity index (χ1n) is 5.98. The monoisotopic (exact) mass is 258 g/mol. The Hall–Kier alpha value is -2.16. The smallest absolute Gasteiger partial charge is 0.193 e. The van der Waals surface area contributed by atoms with Crippen molar-refractivity contribution in [3.63, 3.8) is 0 Å². The lowest BCUT2D eigenvalue weighted by molar-refractivity contribution is 0.103. The molecule has 2 rings (SSSR count). The van der Waals surface area contributed by atoms with Crippen LogP contribution in [-0.4, -0.2) is 12.9 Å². The maximum Gasteiger partial charge on any atom is 0.193 e. The maximum atomic E-state index is 12.9. The second-order valence-electron chi connectivity index (χ2n) is 4.47. The molecule has 0 saturated heterocycles. The molecule has 2 nitrogen and oxygen atoms in total. The molecule has 0 aliphatic heterocycles. The van der Waals surface area contributed by atoms with Gasteiger partial charge in [0.1, 0.15) is 11.6 Å². The van der Waals surface area contributed by atoms with Crippen molar-refractivity contribution in [3.8, 4) is 5.75 Å². The highest BCUT2D eigenvalue weighted by Crippen LogP contribution is 2.24. The summed E-state index contributed by atoms with van der Waals surface area (Å²) < 4.78 is 18.1. The topological polar surface area (TPSA) is 26.3 Å². The van der Waals surface area contributed by atoms with E-state index in [4.69, 9.17) is 4.74 Å². The van der Waals surface area contributed by atoms with Gasteiger partial charge < -0.3 is 4.74 Å². The fraction of sp³-hybridized carbons (Fsp3) is 0.188. The molecule has 0 saturated carbocycles. The van der Waals surface area contributed by atoms with Gasteiger partial charge in [-0.2, -0.15) is 0 Å². The molecule has 0 spiro atoms. The second-order valence-corrected chi connectivity index (χ2v) is 4.47. The van der Waals surface area contributed by atoms with Crippen LogP contribution in [0.4, 0.5) is 4.39 Å². The second kappa shape index (κ2) is 5.22. The minimum Gasteiger partial charge on any atom is -0.496 e. The summed E-state index contributed by atoms with van der Waals surface area (Å²) in [5, 5.41) is 0. The van der Waals surface area contributed by atoms with E-state index in [1.54, 1.807) is 13.2 Å². The fourth-order valence-corrected chi connectivity index (χ4v) is 2.01. The van der Waals surface area contributed by atoms with Crippen molar-refractivity contribution in [1.82, 2.24) is 0 Å². The highest BCUT2D eigenvalue weighted by Gasteiger charge is 2.14. The number of halogens is 1. The summed E-state index contributed by atoms with van der Waals surface area (Å²) in [7, 11) is 1.60. The number of carbonyl (C=O) groups is 1. The maximum absolute atomic E-state index is 12.9. The van der Waals surface area contributed by atoms with Crippen LogP contribution in [0.25, 0.3) is 0 Å². The molecule has 0 radical (unpaired) electrons. The third-order valence-electron chi connectivity index (χ3n) is 3.09. The third-order valence-corrected chi connectivity index (χ3v) is 3.09. The largest absolute Gasteiger partial charge is 0.496 e. The SMILES string of the molecule is COc1cc(C)c(C(=O)c2ccc(F)cc2)cc1C. The molecule has 19 heavy (non-hydrogen) atoms. The summed E-state index contributed by atoms with van der Waals surface area (Å²) in [5.41, 5.74) is 2.84. The first kappa shape index (κ1) is 13.3. The van der Waals surface area contributed by atoms with Crippen molar-refractivity contribution in [2.45, 2.75) is 13.8 Å². The molecule has 0 bridgehead atoms. The minimum absolute atomic E-state index is 0.108. The zero-order chi connectivity index (χ0) is 14.0. The molecule has 0 fully saturated rings. The summed E-state index contributed by atoms with van der Waals surface area (Å²) in [6.07, 6.45) is 0. The molecule has 0 heterocycles. The Morgan fingerprint density at radius 2 is 1.68 bits per heavy atom. The van der Waals surface area contributed by atoms with Crippen LogP contribution >= 0.6 is 0 Å². The number of methoxy groups -OCH3 is 1. The van der Waals surface area contributed by atoms with Gasteiger partial charge in [-0.1, -0.05) is 0 Å². The third kappa shape index (κ3) is 2.65. The Kier molecular flexibility index (Phi) is 3.65. The average Bonchev–Trinajstić information content (AvgIpc) is 2.41. The van der Waals surface area contributed by atoms with Crippen molar-refractivity contribution in [2.75, 3.05) is 7.11 Å². The molecular formula is C16H15FO2. The van der Waals surface area contributed by atoms with E-state index in [2.05, 4.69) is 0 Å². The normalized spacial score (nSPS) is 10.3. The number of hydrogen-bond acceptors (Lipinski definition) is 2. The van der Waals surface area contributed by atoms with Crippen LogP contribution < -0.4 is 4.74 Å². The summed E-state index contributed by atoms with van der Waals surface area (Å²) >= 11 is 0. The van der Waals surface area contributed by atoms with Crippen LogP contribution in [0.15, 0.2) is 36.4 Å². The van der Waals surface area contributed by atoms with E-state index in [1.807, 2.05) is 19.9 Å². The van der Waals surface area contributed by atoms with Crippen LogP contribution in [-0.2, 0) is 0 Å². The van der Waals surface area contributed by atoms with Crippen molar-refractivity contribution in [1.29, 1.82) is 0 Å². The molecule has 0 atom stereocenters. The van der Waals surface area contributed by atoms with Gasteiger partial charge in [0, 0.05) is 11.1 Å². The number of hydrogen-bond donors (Lipinski definition) is 0. The summed E-state index contributed by atoms with van der Waals surface area (Å²) in [6, 6.07) is 9.22. The van der Waals surface area contributed by atoms with Gasteiger partial charge in [-0.3, -0.25) is 4.79 Å². The molecule has 2 aromatic carbocycles. The van der Waals surface area contributed by atoms with E-state index in [0.29, 0.717) is 11.1 Å². The molecule has 0 N–H and O–H groups in total. The Labute approximate surface area is 111 Å². The van der Waals surface area contributed by atoms with Crippen molar-refractivity contribution >= 4 is 5.78 Å². The number of benzene rings is 2. The van der Waals surface area contributed by atoms with Gasteiger partial charge in [0.15, 0.2) is 5.78 Å². The standard InChI is InChI=1S/C16H15FO2/c1-10-9-15(19-3)11(2)8-14(10)16(18)12-4-6-13(17)7-5-12/h4-9H,1-3H3. The van der Waals surface area contributed by atoms with E-state index >= 15 is 0 Å². The van der Waals surface area contributed by atoms with Crippen LogP contribution in [0.3, 0.4) is 0 Å². The van der Waals surface area contributed by atoms with E-state index < -0.39 is 0 Å². The minimum atomic E-state index is -0.348. The lowest BCUT2D eigenvalue weighted by Crippen LogP contribution is -2.05. The number of ketones is 1. The molecular weight excluding hydrogens is 243 g/mol. The molecule has 0 aliphatic rings. The van der Waals surface area contributed by atoms with Gasteiger partial charge >= 0.3 is 0 Å². The number of carbonyl (C=O) groups excluding carboxylic acids is 1. The molecule has 0 amide bonds. The van der Waals surface area contributed by atoms with Gasteiger partial charge in [-0.15, -0.1) is 0 Å². The van der Waals surface area contributed by atoms with E-state index in [0.717, 1.165) is 16.9 Å². The number of rotatable bonds is 3. The quantitative estimate of drug-likeness (QED) is 0.785. The lowest BCUT2D eigenvalue weighted by atomic mass is 9.97. The predicted octanol–water partition coefficient (Wildman–Crippen LogP) is 3.68. The van der Waals surface area contributed by atoms with Gasteiger partial charge in [0.05, 0.1) is 7.11 Å². The van der Waals surface area contributed by atoms with Gasteiger partial charge in [0.25, 0.3) is 0 Å². The van der Waals surface area contributed by atoms with Crippen LogP contribution in [0.2, 0.25) is 0 Å². The fourth-order valence-electron chi connectivity index (χ4n) is 2.01. The zero-order valence-electron chi connectivity index (χ0n) is 11.2. The Morgan fingerprint density at radius 3 is 2.26 bits per heavy atom. The van der Waals surface area contributed by atoms with E-state index in [1.165, 1.54) is 24.3 Å². The van der Waals surface area contributed by atoms with Crippen molar-refractivity contribution in [2.24, 2.45) is 0 Å². The summed E-state index contributed by atoms with van der Waals surface area (Å²) in [6.45, 7) is 3.75. The molecule has 0 unspecified atom stereocenters. The number of ether oxygens (including phenoxy) is 1. The van der Waals surface area contributed by atoms with Gasteiger partial charge in [-0.05, 0) is 61.4 Å². The van der Waals surface area contributed by atoms with Gasteiger partial charge in [0.2, 0.25) is 0 Å². The van der Waals surface area contributed by atoms with Gasteiger partial charge in [-0.25, -0.2) is 4.39 Å².